The molecule has 1 heterocycles. The molecule has 1 unspecified atom stereocenters. The summed E-state index contributed by atoms with van der Waals surface area (Å²) >= 11 is 5.16. The van der Waals surface area contributed by atoms with Gasteiger partial charge in [-0.25, -0.2) is 4.79 Å². The van der Waals surface area contributed by atoms with Crippen LogP contribution in [-0.2, 0) is 0 Å². The number of hydrogen-bond acceptors (Lipinski definition) is 3. The van der Waals surface area contributed by atoms with E-state index in [2.05, 4.69) is 44.9 Å². The van der Waals surface area contributed by atoms with E-state index in [0.717, 1.165) is 11.0 Å². The lowest BCUT2D eigenvalue weighted by molar-refractivity contribution is 0.217. The van der Waals surface area contributed by atoms with Crippen LogP contribution in [0.5, 0.6) is 0 Å². The van der Waals surface area contributed by atoms with Crippen molar-refractivity contribution in [2.24, 2.45) is 0 Å². The number of nitrogens with zero attached hydrogens (tertiary/aromatic N) is 1. The molecule has 2 N–H and O–H groups in total. The van der Waals surface area contributed by atoms with E-state index < -0.39 is 0 Å². The van der Waals surface area contributed by atoms with Crippen LogP contribution in [0.25, 0.3) is 0 Å². The van der Waals surface area contributed by atoms with Gasteiger partial charge in [0.1, 0.15) is 0 Å². The lowest BCUT2D eigenvalue weighted by Crippen LogP contribution is -2.38. The molecule has 0 radical (unpaired) electrons. The summed E-state index contributed by atoms with van der Waals surface area (Å²) in [7, 11) is 3.46. The Morgan fingerprint density at radius 1 is 1.53 bits per heavy atom. The molecular weight excluding hydrogens is 302 g/mol. The van der Waals surface area contributed by atoms with Crippen molar-refractivity contribution in [1.29, 1.82) is 0 Å². The molecule has 1 aromatic rings. The van der Waals surface area contributed by atoms with Crippen LogP contribution in [0.1, 0.15) is 17.8 Å². The number of urea groups is 1. The maximum absolute atomic E-state index is 11.2. The van der Waals surface area contributed by atoms with Crippen molar-refractivity contribution < 1.29 is 4.79 Å². The first-order valence-electron chi connectivity index (χ1n) is 5.43. The first-order valence-corrected chi connectivity index (χ1v) is 7.10. The maximum atomic E-state index is 11.2. The first kappa shape index (κ1) is 14.5. The van der Waals surface area contributed by atoms with Crippen molar-refractivity contribution in [3.05, 3.63) is 20.8 Å². The molecular formula is C11H18BrN3OS. The Morgan fingerprint density at radius 3 is 2.76 bits per heavy atom. The normalized spacial score (nSPS) is 12.2. The summed E-state index contributed by atoms with van der Waals surface area (Å²) < 4.78 is 1.12. The summed E-state index contributed by atoms with van der Waals surface area (Å²) in [4.78, 5) is 14.1. The van der Waals surface area contributed by atoms with Crippen LogP contribution in [0.3, 0.4) is 0 Å². The molecule has 17 heavy (non-hydrogen) atoms. The van der Waals surface area contributed by atoms with E-state index in [-0.39, 0.29) is 6.03 Å². The number of nitrogens with one attached hydrogen (secondary N) is 2. The predicted octanol–water partition coefficient (Wildman–Crippen LogP) is 2.43. The molecule has 0 aliphatic rings. The predicted molar refractivity (Wildman–Crippen MR) is 75.5 cm³/mol. The Labute approximate surface area is 115 Å². The van der Waals surface area contributed by atoms with Gasteiger partial charge in [-0.05, 0) is 28.9 Å². The molecule has 0 bridgehead atoms. The topological polar surface area (TPSA) is 44.4 Å². The Hall–Kier alpha value is -0.590. The average Bonchev–Trinajstić information content (AvgIpc) is 2.70. The fourth-order valence-corrected chi connectivity index (χ4v) is 2.75. The third kappa shape index (κ3) is 5.06. The van der Waals surface area contributed by atoms with Crippen molar-refractivity contribution in [3.63, 3.8) is 0 Å². The molecule has 0 fully saturated rings. The van der Waals surface area contributed by atoms with Crippen LogP contribution in [-0.4, -0.2) is 38.1 Å². The summed E-state index contributed by atoms with van der Waals surface area (Å²) in [5, 5.41) is 8.25. The summed E-state index contributed by atoms with van der Waals surface area (Å²) in [6, 6.07) is 2.36. The molecule has 0 aliphatic carbocycles. The standard InChI is InChI=1S/C11H18BrN3OS/c1-8(10-6-9(12)7-17-10)13-4-5-14-11(16)15(2)3/h6-8,13H,4-5H2,1-3H3,(H,14,16). The smallest absolute Gasteiger partial charge is 0.316 e. The van der Waals surface area contributed by atoms with Crippen molar-refractivity contribution in [3.8, 4) is 0 Å². The number of rotatable bonds is 5. The van der Waals surface area contributed by atoms with Crippen LogP contribution in [0, 0.1) is 0 Å². The second-order valence-electron chi connectivity index (χ2n) is 3.97. The SMILES string of the molecule is CC(NCCNC(=O)N(C)C)c1cc(Br)cs1. The molecule has 96 valence electrons. The van der Waals surface area contributed by atoms with Crippen LogP contribution < -0.4 is 10.6 Å². The van der Waals surface area contributed by atoms with Gasteiger partial charge in [-0.1, -0.05) is 0 Å². The Kier molecular flexibility index (Phi) is 5.94. The quantitative estimate of drug-likeness (QED) is 0.819. The Balaban J connectivity index is 2.21. The summed E-state index contributed by atoms with van der Waals surface area (Å²) in [6.45, 7) is 3.51. The van der Waals surface area contributed by atoms with Gasteiger partial charge in [0.25, 0.3) is 0 Å². The third-order valence-corrected chi connectivity index (χ3v) is 4.15. The van der Waals surface area contributed by atoms with Gasteiger partial charge in [-0.2, -0.15) is 0 Å². The number of carbonyl (C=O) groups is 1. The van der Waals surface area contributed by atoms with E-state index >= 15 is 0 Å². The largest absolute Gasteiger partial charge is 0.337 e. The number of thiophene rings is 1. The second kappa shape index (κ2) is 6.98. The lowest BCUT2D eigenvalue weighted by atomic mass is 10.3. The molecule has 0 saturated heterocycles. The highest BCUT2D eigenvalue weighted by molar-refractivity contribution is 9.10. The second-order valence-corrected chi connectivity index (χ2v) is 5.83. The number of hydrogen-bond donors (Lipinski definition) is 2. The van der Waals surface area contributed by atoms with Gasteiger partial charge in [-0.15, -0.1) is 11.3 Å². The van der Waals surface area contributed by atoms with Gasteiger partial charge < -0.3 is 15.5 Å². The summed E-state index contributed by atoms with van der Waals surface area (Å²) in [5.74, 6) is 0. The summed E-state index contributed by atoms with van der Waals surface area (Å²) in [5.41, 5.74) is 0. The minimum atomic E-state index is -0.0571. The van der Waals surface area contributed by atoms with E-state index in [1.165, 1.54) is 9.78 Å². The minimum absolute atomic E-state index is 0.0571. The van der Waals surface area contributed by atoms with E-state index in [1.54, 1.807) is 25.4 Å². The van der Waals surface area contributed by atoms with Crippen molar-refractivity contribution in [2.75, 3.05) is 27.2 Å². The molecule has 0 aliphatic heterocycles. The maximum Gasteiger partial charge on any atom is 0.316 e. The molecule has 0 spiro atoms. The fourth-order valence-electron chi connectivity index (χ4n) is 1.27. The minimum Gasteiger partial charge on any atom is -0.337 e. The zero-order valence-corrected chi connectivity index (χ0v) is 12.7. The molecule has 0 saturated carbocycles. The van der Waals surface area contributed by atoms with E-state index in [4.69, 9.17) is 0 Å². The number of carbonyl (C=O) groups excluding carboxylic acids is 1. The highest BCUT2D eigenvalue weighted by atomic mass is 79.9. The Bertz CT molecular complexity index is 367. The van der Waals surface area contributed by atoms with Gasteiger partial charge in [-0.3, -0.25) is 0 Å². The van der Waals surface area contributed by atoms with Crippen LogP contribution in [0.4, 0.5) is 4.79 Å². The number of halogens is 1. The molecule has 1 rings (SSSR count). The van der Waals surface area contributed by atoms with Crippen molar-refractivity contribution in [1.82, 2.24) is 15.5 Å². The molecule has 1 aromatic heterocycles. The lowest BCUT2D eigenvalue weighted by Gasteiger charge is -2.14. The fraction of sp³-hybridized carbons (Fsp3) is 0.545. The van der Waals surface area contributed by atoms with Crippen molar-refractivity contribution >= 4 is 33.3 Å². The molecule has 2 amide bonds. The third-order valence-electron chi connectivity index (χ3n) is 2.27. The molecule has 4 nitrogen and oxygen atoms in total. The van der Waals surface area contributed by atoms with Crippen LogP contribution >= 0.6 is 27.3 Å². The monoisotopic (exact) mass is 319 g/mol. The van der Waals surface area contributed by atoms with Crippen molar-refractivity contribution in [2.45, 2.75) is 13.0 Å². The molecule has 0 aromatic carbocycles. The van der Waals surface area contributed by atoms with Gasteiger partial charge in [0.2, 0.25) is 0 Å². The summed E-state index contributed by atoms with van der Waals surface area (Å²) in [6.07, 6.45) is 0. The van der Waals surface area contributed by atoms with Gasteiger partial charge >= 0.3 is 6.03 Å². The zero-order valence-electron chi connectivity index (χ0n) is 10.3. The number of amides is 2. The van der Waals surface area contributed by atoms with Gasteiger partial charge in [0.05, 0.1) is 0 Å². The highest BCUT2D eigenvalue weighted by Crippen LogP contribution is 2.24. The van der Waals surface area contributed by atoms with E-state index in [1.807, 2.05) is 0 Å². The van der Waals surface area contributed by atoms with Gasteiger partial charge in [0.15, 0.2) is 0 Å². The van der Waals surface area contributed by atoms with E-state index in [9.17, 15) is 4.79 Å². The molecule has 1 atom stereocenters. The Morgan fingerprint density at radius 2 is 2.24 bits per heavy atom. The van der Waals surface area contributed by atoms with Crippen LogP contribution in [0.2, 0.25) is 0 Å². The average molecular weight is 320 g/mol. The van der Waals surface area contributed by atoms with Crippen LogP contribution in [0.15, 0.2) is 15.9 Å². The molecule has 6 heteroatoms. The first-order chi connectivity index (χ1) is 8.00. The zero-order chi connectivity index (χ0) is 12.8. The van der Waals surface area contributed by atoms with E-state index in [0.29, 0.717) is 12.6 Å². The van der Waals surface area contributed by atoms with Gasteiger partial charge in [0, 0.05) is 48.0 Å². The highest BCUT2D eigenvalue weighted by Gasteiger charge is 2.07.